The minimum atomic E-state index is -3.87. The molecule has 1 atom stereocenters. The molecule has 1 aliphatic rings. The Labute approximate surface area is 112 Å². The molecule has 3 nitrogen and oxygen atoms in total. The van der Waals surface area contributed by atoms with Crippen molar-refractivity contribution in [1.82, 2.24) is 4.72 Å². The molecule has 0 amide bonds. The molecule has 0 radical (unpaired) electrons. The van der Waals surface area contributed by atoms with Gasteiger partial charge in [0.05, 0.1) is 4.90 Å². The van der Waals surface area contributed by atoms with Gasteiger partial charge in [0.1, 0.15) is 11.6 Å². The highest BCUT2D eigenvalue weighted by Crippen LogP contribution is 2.37. The highest BCUT2D eigenvalue weighted by molar-refractivity contribution is 7.89. The van der Waals surface area contributed by atoms with E-state index in [0.717, 1.165) is 31.4 Å². The van der Waals surface area contributed by atoms with Gasteiger partial charge in [0.25, 0.3) is 0 Å². The van der Waals surface area contributed by atoms with Gasteiger partial charge in [-0.15, -0.1) is 0 Å². The molecule has 0 saturated heterocycles. The Kier molecular flexibility index (Phi) is 3.66. The average Bonchev–Trinajstić information content (AvgIpc) is 2.55. The van der Waals surface area contributed by atoms with Crippen LogP contribution in [0.1, 0.15) is 33.1 Å². The van der Waals surface area contributed by atoms with Crippen molar-refractivity contribution < 1.29 is 17.2 Å². The van der Waals surface area contributed by atoms with E-state index in [4.69, 9.17) is 0 Å². The molecule has 1 saturated carbocycles. The largest absolute Gasteiger partial charge is 0.241 e. The van der Waals surface area contributed by atoms with Crippen LogP contribution in [-0.2, 0) is 10.0 Å². The van der Waals surface area contributed by atoms with Crippen LogP contribution in [0.3, 0.4) is 0 Å². The Morgan fingerprint density at radius 1 is 1.21 bits per heavy atom. The lowest BCUT2D eigenvalue weighted by atomic mass is 9.92. The van der Waals surface area contributed by atoms with E-state index in [1.54, 1.807) is 0 Å². The third kappa shape index (κ3) is 3.51. The molecule has 1 aliphatic carbocycles. The monoisotopic (exact) mass is 289 g/mol. The standard InChI is InChI=1S/C13H17F2NO2S/c1-13(2)4-3-11(8-13)16-19(17,18)12-6-9(14)5-10(15)7-12/h5-7,11,16H,3-4,8H2,1-2H3. The first kappa shape index (κ1) is 14.4. The van der Waals surface area contributed by atoms with Gasteiger partial charge < -0.3 is 0 Å². The lowest BCUT2D eigenvalue weighted by molar-refractivity contribution is 0.372. The molecule has 1 aromatic rings. The zero-order valence-corrected chi connectivity index (χ0v) is 11.7. The number of rotatable bonds is 3. The summed E-state index contributed by atoms with van der Waals surface area (Å²) in [5.41, 5.74) is 0.0976. The molecule has 1 fully saturated rings. The molecule has 1 N–H and O–H groups in total. The van der Waals surface area contributed by atoms with E-state index < -0.39 is 21.7 Å². The summed E-state index contributed by atoms with van der Waals surface area (Å²) >= 11 is 0. The summed E-state index contributed by atoms with van der Waals surface area (Å²) in [6.07, 6.45) is 2.39. The fourth-order valence-electron chi connectivity index (χ4n) is 2.51. The molecule has 1 aromatic carbocycles. The van der Waals surface area contributed by atoms with Crippen LogP contribution in [-0.4, -0.2) is 14.5 Å². The van der Waals surface area contributed by atoms with Gasteiger partial charge >= 0.3 is 0 Å². The smallest absolute Gasteiger partial charge is 0.208 e. The summed E-state index contributed by atoms with van der Waals surface area (Å²) in [5, 5.41) is 0. The molecular formula is C13H17F2NO2S. The summed E-state index contributed by atoms with van der Waals surface area (Å²) in [5.74, 6) is -1.79. The van der Waals surface area contributed by atoms with Crippen LogP contribution in [0.15, 0.2) is 23.1 Å². The van der Waals surface area contributed by atoms with Crippen molar-refractivity contribution in [3.05, 3.63) is 29.8 Å². The van der Waals surface area contributed by atoms with Crippen molar-refractivity contribution in [2.75, 3.05) is 0 Å². The van der Waals surface area contributed by atoms with Crippen LogP contribution in [0.25, 0.3) is 0 Å². The van der Waals surface area contributed by atoms with Gasteiger partial charge in [-0.3, -0.25) is 0 Å². The van der Waals surface area contributed by atoms with Crippen LogP contribution in [0.5, 0.6) is 0 Å². The first-order chi connectivity index (χ1) is 8.68. The van der Waals surface area contributed by atoms with E-state index in [-0.39, 0.29) is 16.4 Å². The molecule has 0 heterocycles. The molecule has 1 unspecified atom stereocenters. The first-order valence-electron chi connectivity index (χ1n) is 6.16. The molecule has 0 aliphatic heterocycles. The predicted octanol–water partition coefficient (Wildman–Crippen LogP) is 2.82. The molecule has 106 valence electrons. The molecule has 0 spiro atoms. The zero-order valence-electron chi connectivity index (χ0n) is 10.9. The molecule has 2 rings (SSSR count). The van der Waals surface area contributed by atoms with E-state index >= 15 is 0 Å². The van der Waals surface area contributed by atoms with Gasteiger partial charge in [-0.25, -0.2) is 21.9 Å². The Morgan fingerprint density at radius 2 is 1.79 bits per heavy atom. The highest BCUT2D eigenvalue weighted by Gasteiger charge is 2.33. The topological polar surface area (TPSA) is 46.2 Å². The van der Waals surface area contributed by atoms with Crippen LogP contribution in [0.4, 0.5) is 8.78 Å². The molecule has 19 heavy (non-hydrogen) atoms. The quantitative estimate of drug-likeness (QED) is 0.930. The van der Waals surface area contributed by atoms with Gasteiger partial charge in [-0.1, -0.05) is 13.8 Å². The Morgan fingerprint density at radius 3 is 2.26 bits per heavy atom. The third-order valence-corrected chi connectivity index (χ3v) is 4.94. The number of halogens is 2. The maximum Gasteiger partial charge on any atom is 0.241 e. The van der Waals surface area contributed by atoms with Crippen molar-refractivity contribution in [2.45, 2.75) is 44.0 Å². The lowest BCUT2D eigenvalue weighted by Gasteiger charge is -2.18. The Bertz CT molecular complexity index is 564. The molecule has 0 bridgehead atoms. The van der Waals surface area contributed by atoms with Crippen LogP contribution >= 0.6 is 0 Å². The number of benzene rings is 1. The number of hydrogen-bond donors (Lipinski definition) is 1. The van der Waals surface area contributed by atoms with Gasteiger partial charge in [0, 0.05) is 12.1 Å². The van der Waals surface area contributed by atoms with E-state index in [9.17, 15) is 17.2 Å². The van der Waals surface area contributed by atoms with E-state index in [0.29, 0.717) is 6.07 Å². The summed E-state index contributed by atoms with van der Waals surface area (Å²) in [6.45, 7) is 4.15. The SMILES string of the molecule is CC1(C)CCC(NS(=O)(=O)c2cc(F)cc(F)c2)C1. The Balaban J connectivity index is 2.19. The van der Waals surface area contributed by atoms with Crippen LogP contribution in [0.2, 0.25) is 0 Å². The second-order valence-corrected chi connectivity index (χ2v) is 7.54. The van der Waals surface area contributed by atoms with Crippen molar-refractivity contribution in [1.29, 1.82) is 0 Å². The van der Waals surface area contributed by atoms with E-state index in [1.165, 1.54) is 0 Å². The van der Waals surface area contributed by atoms with Crippen molar-refractivity contribution in [2.24, 2.45) is 5.41 Å². The molecule has 6 heteroatoms. The summed E-state index contributed by atoms with van der Waals surface area (Å²) in [7, 11) is -3.87. The van der Waals surface area contributed by atoms with Crippen molar-refractivity contribution in [3.8, 4) is 0 Å². The third-order valence-electron chi connectivity index (χ3n) is 3.44. The minimum Gasteiger partial charge on any atom is -0.208 e. The lowest BCUT2D eigenvalue weighted by Crippen LogP contribution is -2.33. The first-order valence-corrected chi connectivity index (χ1v) is 7.65. The number of hydrogen-bond acceptors (Lipinski definition) is 2. The minimum absolute atomic E-state index is 0.0976. The maximum absolute atomic E-state index is 13.1. The van der Waals surface area contributed by atoms with E-state index in [2.05, 4.69) is 18.6 Å². The summed E-state index contributed by atoms with van der Waals surface area (Å²) < 4.78 is 52.8. The second-order valence-electron chi connectivity index (χ2n) is 5.83. The maximum atomic E-state index is 13.1. The van der Waals surface area contributed by atoms with Crippen molar-refractivity contribution >= 4 is 10.0 Å². The Hall–Kier alpha value is -1.01. The highest BCUT2D eigenvalue weighted by atomic mass is 32.2. The number of nitrogens with one attached hydrogen (secondary N) is 1. The normalized spacial score (nSPS) is 22.6. The average molecular weight is 289 g/mol. The van der Waals surface area contributed by atoms with Crippen molar-refractivity contribution in [3.63, 3.8) is 0 Å². The zero-order chi connectivity index (χ0) is 14.3. The molecule has 0 aromatic heterocycles. The van der Waals surface area contributed by atoms with Gasteiger partial charge in [0.15, 0.2) is 0 Å². The number of sulfonamides is 1. The fraction of sp³-hybridized carbons (Fsp3) is 0.538. The fourth-order valence-corrected chi connectivity index (χ4v) is 3.82. The van der Waals surface area contributed by atoms with E-state index in [1.807, 2.05) is 0 Å². The predicted molar refractivity (Wildman–Crippen MR) is 68.1 cm³/mol. The van der Waals surface area contributed by atoms with Gasteiger partial charge in [-0.05, 0) is 36.8 Å². The van der Waals surface area contributed by atoms with Gasteiger partial charge in [-0.2, -0.15) is 0 Å². The summed E-state index contributed by atoms with van der Waals surface area (Å²) in [4.78, 5) is -0.366. The second kappa shape index (κ2) is 4.83. The van der Waals surface area contributed by atoms with Crippen LogP contribution < -0.4 is 4.72 Å². The molecular weight excluding hydrogens is 272 g/mol. The van der Waals surface area contributed by atoms with Gasteiger partial charge in [0.2, 0.25) is 10.0 Å². The van der Waals surface area contributed by atoms with Crippen LogP contribution in [0, 0.1) is 17.0 Å². The summed E-state index contributed by atoms with van der Waals surface area (Å²) in [6, 6.07) is 2.13.